The van der Waals surface area contributed by atoms with Gasteiger partial charge in [0.2, 0.25) is 0 Å². The Hall–Kier alpha value is -2.39. The minimum atomic E-state index is -0.234. The van der Waals surface area contributed by atoms with Crippen LogP contribution >= 0.6 is 0 Å². The lowest BCUT2D eigenvalue weighted by atomic mass is 9.72. The molecule has 3 nitrogen and oxygen atoms in total. The second-order valence-electron chi connectivity index (χ2n) is 9.24. The molecule has 30 heavy (non-hydrogen) atoms. The van der Waals surface area contributed by atoms with Crippen LogP contribution in [0.1, 0.15) is 59.6 Å². The number of rotatable bonds is 4. The molecule has 1 aliphatic carbocycles. The van der Waals surface area contributed by atoms with Crippen molar-refractivity contribution in [3.63, 3.8) is 0 Å². The molecule has 0 amide bonds. The lowest BCUT2D eigenvalue weighted by Crippen LogP contribution is -2.33. The summed E-state index contributed by atoms with van der Waals surface area (Å²) in [6, 6.07) is 12.9. The van der Waals surface area contributed by atoms with Crippen molar-refractivity contribution in [3.05, 3.63) is 75.5 Å². The van der Waals surface area contributed by atoms with E-state index in [2.05, 4.69) is 64.1 Å². The van der Waals surface area contributed by atoms with Crippen molar-refractivity contribution in [2.45, 2.75) is 65.1 Å². The molecule has 156 valence electrons. The third-order valence-corrected chi connectivity index (χ3v) is 7.41. The quantitative estimate of drug-likeness (QED) is 0.738. The van der Waals surface area contributed by atoms with Gasteiger partial charge in [-0.1, -0.05) is 61.4 Å². The summed E-state index contributed by atoms with van der Waals surface area (Å²) >= 11 is 0. The Morgan fingerprint density at radius 1 is 1.00 bits per heavy atom. The number of carbonyl (C=O) groups excluding carboxylic acids is 1. The van der Waals surface area contributed by atoms with Crippen LogP contribution in [0.5, 0.6) is 0 Å². The fourth-order valence-electron chi connectivity index (χ4n) is 6.15. The van der Waals surface area contributed by atoms with Gasteiger partial charge in [0.05, 0.1) is 29.6 Å². The Kier molecular flexibility index (Phi) is 4.62. The molecule has 2 bridgehead atoms. The van der Waals surface area contributed by atoms with Crippen molar-refractivity contribution in [2.75, 3.05) is 0 Å². The first-order valence-electron chi connectivity index (χ1n) is 11.3. The van der Waals surface area contributed by atoms with Crippen molar-refractivity contribution < 1.29 is 14.6 Å². The third-order valence-electron chi connectivity index (χ3n) is 7.41. The Bertz CT molecular complexity index is 1040. The summed E-state index contributed by atoms with van der Waals surface area (Å²) in [6.45, 7) is 8.44. The Morgan fingerprint density at radius 2 is 1.70 bits per heavy atom. The molecule has 2 aromatic carbocycles. The van der Waals surface area contributed by atoms with Gasteiger partial charge >= 0.3 is 0 Å². The summed E-state index contributed by atoms with van der Waals surface area (Å²) in [5.74, 6) is 0.137. The molecule has 3 unspecified atom stereocenters. The van der Waals surface area contributed by atoms with Crippen molar-refractivity contribution in [1.82, 2.24) is 0 Å². The monoisotopic (exact) mass is 402 g/mol. The van der Waals surface area contributed by atoms with E-state index in [0.717, 1.165) is 36.0 Å². The van der Waals surface area contributed by atoms with Gasteiger partial charge in [-0.25, -0.2) is 0 Å². The fraction of sp³-hybridized carbons (Fsp3) is 0.444. The highest BCUT2D eigenvalue weighted by Crippen LogP contribution is 2.58. The maximum absolute atomic E-state index is 13.6. The molecule has 2 aromatic rings. The number of Topliss-reactive ketones (excluding diaryl/α,β-unsaturated/α-hetero) is 1. The van der Waals surface area contributed by atoms with Crippen LogP contribution in [-0.4, -0.2) is 23.1 Å². The van der Waals surface area contributed by atoms with E-state index in [9.17, 15) is 9.90 Å². The standard InChI is InChI=1S/C27H30O3/c1-5-16-11-15(4)12-17(6-2)21(16)23-25(28)22-20-13-19(18-9-7-8-14(3)10-18)27(30-20)24(22)26(23)29/h7-12,19-20,22,24,27,29H,5-6,13H2,1-4H3/t19?,20?,22-,24+,27?/m0/s1. The van der Waals surface area contributed by atoms with Crippen LogP contribution in [0.3, 0.4) is 0 Å². The first-order valence-corrected chi connectivity index (χ1v) is 11.3. The van der Waals surface area contributed by atoms with Crippen molar-refractivity contribution in [1.29, 1.82) is 0 Å². The SMILES string of the molecule is CCc1cc(C)cc(CC)c1C1=C(O)[C@@H]2C3OC(CC3c3cccc(C)c3)[C@@H]2C1=O. The molecular weight excluding hydrogens is 372 g/mol. The van der Waals surface area contributed by atoms with Gasteiger partial charge in [0.15, 0.2) is 5.78 Å². The van der Waals surface area contributed by atoms with Gasteiger partial charge in [-0.3, -0.25) is 4.79 Å². The molecule has 0 aromatic heterocycles. The topological polar surface area (TPSA) is 46.5 Å². The first kappa shape index (κ1) is 19.6. The van der Waals surface area contributed by atoms with Crippen molar-refractivity contribution >= 4 is 11.4 Å². The molecule has 2 aliphatic heterocycles. The fourth-order valence-corrected chi connectivity index (χ4v) is 6.15. The molecule has 5 rings (SSSR count). The van der Waals surface area contributed by atoms with Gasteiger partial charge in [-0.15, -0.1) is 0 Å². The highest BCUT2D eigenvalue weighted by Gasteiger charge is 2.62. The van der Waals surface area contributed by atoms with E-state index in [1.165, 1.54) is 16.7 Å². The number of ketones is 1. The van der Waals surface area contributed by atoms with E-state index in [0.29, 0.717) is 5.57 Å². The number of hydrogen-bond donors (Lipinski definition) is 1. The molecule has 2 saturated heterocycles. The molecule has 3 heteroatoms. The second-order valence-corrected chi connectivity index (χ2v) is 9.24. The molecule has 0 radical (unpaired) electrons. The van der Waals surface area contributed by atoms with Crippen LogP contribution in [0.2, 0.25) is 0 Å². The molecule has 0 spiro atoms. The molecular formula is C27H30O3. The van der Waals surface area contributed by atoms with E-state index in [-0.39, 0.29) is 41.5 Å². The smallest absolute Gasteiger partial charge is 0.173 e. The number of aryl methyl sites for hydroxylation is 4. The van der Waals surface area contributed by atoms with Gasteiger partial charge in [0.1, 0.15) is 5.76 Å². The van der Waals surface area contributed by atoms with Gasteiger partial charge in [0, 0.05) is 5.92 Å². The number of aliphatic hydroxyl groups is 1. The maximum Gasteiger partial charge on any atom is 0.173 e. The number of hydrogen-bond acceptors (Lipinski definition) is 3. The highest BCUT2D eigenvalue weighted by molar-refractivity contribution is 6.26. The number of benzene rings is 2. The zero-order valence-corrected chi connectivity index (χ0v) is 18.2. The molecule has 5 atom stereocenters. The number of carbonyl (C=O) groups is 1. The Balaban J connectivity index is 1.60. The van der Waals surface area contributed by atoms with Crippen LogP contribution in [-0.2, 0) is 22.4 Å². The summed E-state index contributed by atoms with van der Waals surface area (Å²) in [5.41, 5.74) is 7.57. The summed E-state index contributed by atoms with van der Waals surface area (Å²) in [5, 5.41) is 11.4. The van der Waals surface area contributed by atoms with E-state index in [1.807, 2.05) is 0 Å². The average molecular weight is 403 g/mol. The molecule has 0 saturated carbocycles. The number of aliphatic hydroxyl groups excluding tert-OH is 1. The van der Waals surface area contributed by atoms with Crippen LogP contribution in [0, 0.1) is 25.7 Å². The van der Waals surface area contributed by atoms with Crippen molar-refractivity contribution in [3.8, 4) is 0 Å². The summed E-state index contributed by atoms with van der Waals surface area (Å²) in [6.07, 6.45) is 2.33. The predicted octanol–water partition coefficient (Wildman–Crippen LogP) is 5.47. The lowest BCUT2D eigenvalue weighted by Gasteiger charge is -2.28. The molecule has 1 N–H and O–H groups in total. The molecule has 2 heterocycles. The number of ether oxygens (including phenoxy) is 1. The third kappa shape index (κ3) is 2.71. The average Bonchev–Trinajstić information content (AvgIpc) is 3.39. The van der Waals surface area contributed by atoms with Gasteiger partial charge in [-0.05, 0) is 55.4 Å². The lowest BCUT2D eigenvalue weighted by molar-refractivity contribution is -0.118. The zero-order chi connectivity index (χ0) is 21.2. The minimum absolute atomic E-state index is 0.0842. The van der Waals surface area contributed by atoms with E-state index >= 15 is 0 Å². The maximum atomic E-state index is 13.6. The van der Waals surface area contributed by atoms with Crippen molar-refractivity contribution in [2.24, 2.45) is 11.8 Å². The summed E-state index contributed by atoms with van der Waals surface area (Å²) < 4.78 is 6.29. The Labute approximate surface area is 178 Å². The van der Waals surface area contributed by atoms with Crippen LogP contribution in [0.15, 0.2) is 42.2 Å². The van der Waals surface area contributed by atoms with Crippen LogP contribution in [0.4, 0.5) is 0 Å². The van der Waals surface area contributed by atoms with Gasteiger partial charge < -0.3 is 9.84 Å². The van der Waals surface area contributed by atoms with Gasteiger partial charge in [-0.2, -0.15) is 0 Å². The molecule has 3 aliphatic rings. The zero-order valence-electron chi connectivity index (χ0n) is 18.2. The largest absolute Gasteiger partial charge is 0.511 e. The minimum Gasteiger partial charge on any atom is -0.511 e. The summed E-state index contributed by atoms with van der Waals surface area (Å²) in [7, 11) is 0. The predicted molar refractivity (Wildman–Crippen MR) is 119 cm³/mol. The highest BCUT2D eigenvalue weighted by atomic mass is 16.5. The van der Waals surface area contributed by atoms with Crippen LogP contribution in [0.25, 0.3) is 5.57 Å². The Morgan fingerprint density at radius 3 is 2.33 bits per heavy atom. The van der Waals surface area contributed by atoms with Crippen LogP contribution < -0.4 is 0 Å². The normalized spacial score (nSPS) is 29.7. The van der Waals surface area contributed by atoms with Gasteiger partial charge in [0.25, 0.3) is 0 Å². The van der Waals surface area contributed by atoms with E-state index < -0.39 is 0 Å². The van der Waals surface area contributed by atoms with E-state index in [4.69, 9.17) is 4.74 Å². The summed E-state index contributed by atoms with van der Waals surface area (Å²) in [4.78, 5) is 13.6. The second kappa shape index (κ2) is 7.09. The molecule has 2 fully saturated rings. The number of fused-ring (bicyclic) bond motifs is 5. The first-order chi connectivity index (χ1) is 14.4. The number of allylic oxidation sites excluding steroid dienone is 1. The van der Waals surface area contributed by atoms with E-state index in [1.54, 1.807) is 0 Å².